The number of nitrogens with two attached hydrogens (primary N) is 1. The number of anilines is 2. The van der Waals surface area contributed by atoms with Gasteiger partial charge in [0.15, 0.2) is 0 Å². The number of nitrogens with one attached hydrogen (secondary N) is 1. The molecule has 0 radical (unpaired) electrons. The summed E-state index contributed by atoms with van der Waals surface area (Å²) in [4.78, 5) is 10.8. The molecule has 0 saturated heterocycles. The van der Waals surface area contributed by atoms with Crippen LogP contribution in [0.2, 0.25) is 0 Å². The minimum Gasteiger partial charge on any atom is -0.399 e. The Morgan fingerprint density at radius 1 is 1.05 bits per heavy atom. The fraction of sp³-hybridized carbons (Fsp3) is 0.316. The molecule has 118 valence electrons. The first-order chi connectivity index (χ1) is 10.3. The van der Waals surface area contributed by atoms with E-state index in [2.05, 4.69) is 31.3 Å². The number of carbonyl (C=O) groups is 1. The number of rotatable bonds is 2. The Hall–Kier alpha value is -2.29. The molecule has 2 aromatic rings. The summed E-state index contributed by atoms with van der Waals surface area (Å²) >= 11 is 0. The van der Waals surface area contributed by atoms with Crippen molar-refractivity contribution in [2.24, 2.45) is 0 Å². The van der Waals surface area contributed by atoms with Gasteiger partial charge in [0.05, 0.1) is 0 Å². The highest BCUT2D eigenvalue weighted by Crippen LogP contribution is 2.16. The van der Waals surface area contributed by atoms with E-state index in [1.807, 2.05) is 38.1 Å². The number of hydrogen-bond donors (Lipinski definition) is 2. The van der Waals surface area contributed by atoms with Crippen LogP contribution in [0.1, 0.15) is 36.1 Å². The number of aryl methyl sites for hydroxylation is 4. The summed E-state index contributed by atoms with van der Waals surface area (Å²) < 4.78 is 0. The molecule has 2 aromatic carbocycles. The first-order valence-electron chi connectivity index (χ1n) is 7.53. The summed E-state index contributed by atoms with van der Waals surface area (Å²) in [5.41, 5.74) is 12.2. The molecule has 22 heavy (non-hydrogen) atoms. The van der Waals surface area contributed by atoms with Gasteiger partial charge in [-0.25, -0.2) is 0 Å². The van der Waals surface area contributed by atoms with E-state index in [1.54, 1.807) is 0 Å². The molecule has 0 aliphatic heterocycles. The third-order valence-electron chi connectivity index (χ3n) is 3.44. The van der Waals surface area contributed by atoms with Crippen LogP contribution in [0.4, 0.5) is 11.4 Å². The second-order valence-electron chi connectivity index (χ2n) is 5.54. The summed E-state index contributed by atoms with van der Waals surface area (Å²) in [6.07, 6.45) is 1.03. The Morgan fingerprint density at radius 3 is 2.18 bits per heavy atom. The minimum absolute atomic E-state index is 0.0210. The van der Waals surface area contributed by atoms with Crippen LogP contribution in [0.5, 0.6) is 0 Å². The predicted molar refractivity (Wildman–Crippen MR) is 95.2 cm³/mol. The molecule has 0 spiro atoms. The fourth-order valence-corrected chi connectivity index (χ4v) is 2.10. The zero-order valence-corrected chi connectivity index (χ0v) is 14.2. The molecular formula is C19H26N2O. The Balaban J connectivity index is 0.000000235. The first kappa shape index (κ1) is 17.8. The first-order valence-corrected chi connectivity index (χ1v) is 7.53. The third-order valence-corrected chi connectivity index (χ3v) is 3.44. The normalized spacial score (nSPS) is 9.68. The molecule has 0 saturated carbocycles. The highest BCUT2D eigenvalue weighted by atomic mass is 16.1. The van der Waals surface area contributed by atoms with Gasteiger partial charge in [0.25, 0.3) is 0 Å². The van der Waals surface area contributed by atoms with E-state index in [9.17, 15) is 4.79 Å². The molecule has 2 rings (SSSR count). The van der Waals surface area contributed by atoms with Crippen molar-refractivity contribution in [2.45, 2.75) is 41.0 Å². The maximum atomic E-state index is 10.8. The summed E-state index contributed by atoms with van der Waals surface area (Å²) in [6.45, 7) is 9.72. The van der Waals surface area contributed by atoms with Gasteiger partial charge in [-0.2, -0.15) is 0 Å². The molecule has 3 heteroatoms. The Kier molecular flexibility index (Phi) is 6.64. The highest BCUT2D eigenvalue weighted by molar-refractivity contribution is 5.89. The SMILES string of the molecule is CCc1ccc(NC(C)=O)c(C)c1.Cc1ccc(N)c(C)c1. The van der Waals surface area contributed by atoms with Crippen molar-refractivity contribution in [3.05, 3.63) is 58.7 Å². The number of amides is 1. The second-order valence-corrected chi connectivity index (χ2v) is 5.54. The zero-order valence-electron chi connectivity index (χ0n) is 14.2. The quantitative estimate of drug-likeness (QED) is 0.807. The van der Waals surface area contributed by atoms with Crippen molar-refractivity contribution in [1.29, 1.82) is 0 Å². The smallest absolute Gasteiger partial charge is 0.221 e. The predicted octanol–water partition coefficient (Wildman–Crippen LogP) is 4.40. The third kappa shape index (κ3) is 5.60. The summed E-state index contributed by atoms with van der Waals surface area (Å²) in [5.74, 6) is -0.0210. The number of hydrogen-bond acceptors (Lipinski definition) is 2. The molecular weight excluding hydrogens is 272 g/mol. The van der Waals surface area contributed by atoms with Crippen molar-refractivity contribution in [2.75, 3.05) is 11.1 Å². The van der Waals surface area contributed by atoms with E-state index >= 15 is 0 Å². The molecule has 0 aliphatic carbocycles. The van der Waals surface area contributed by atoms with E-state index in [0.717, 1.165) is 28.9 Å². The lowest BCUT2D eigenvalue weighted by Crippen LogP contribution is -2.07. The van der Waals surface area contributed by atoms with Gasteiger partial charge in [0, 0.05) is 18.3 Å². The Bertz CT molecular complexity index is 648. The number of carbonyl (C=O) groups excluding carboxylic acids is 1. The monoisotopic (exact) mass is 298 g/mol. The maximum absolute atomic E-state index is 10.8. The summed E-state index contributed by atoms with van der Waals surface area (Å²) in [7, 11) is 0. The van der Waals surface area contributed by atoms with E-state index in [0.29, 0.717) is 0 Å². The lowest BCUT2D eigenvalue weighted by Gasteiger charge is -2.07. The van der Waals surface area contributed by atoms with Crippen molar-refractivity contribution in [3.8, 4) is 0 Å². The minimum atomic E-state index is -0.0210. The van der Waals surface area contributed by atoms with Gasteiger partial charge in [0.1, 0.15) is 0 Å². The zero-order chi connectivity index (χ0) is 16.7. The molecule has 0 aromatic heterocycles. The summed E-state index contributed by atoms with van der Waals surface area (Å²) in [5, 5.41) is 2.79. The van der Waals surface area contributed by atoms with Crippen molar-refractivity contribution < 1.29 is 4.79 Å². The van der Waals surface area contributed by atoms with E-state index in [1.165, 1.54) is 18.1 Å². The fourth-order valence-electron chi connectivity index (χ4n) is 2.10. The lowest BCUT2D eigenvalue weighted by atomic mass is 10.1. The molecule has 0 heterocycles. The van der Waals surface area contributed by atoms with Crippen molar-refractivity contribution in [3.63, 3.8) is 0 Å². The van der Waals surface area contributed by atoms with Gasteiger partial charge in [-0.1, -0.05) is 36.8 Å². The van der Waals surface area contributed by atoms with E-state index in [4.69, 9.17) is 5.73 Å². The second kappa shape index (κ2) is 8.23. The number of benzene rings is 2. The van der Waals surface area contributed by atoms with Gasteiger partial charge < -0.3 is 11.1 Å². The van der Waals surface area contributed by atoms with Crippen LogP contribution in [0.25, 0.3) is 0 Å². The molecule has 1 amide bonds. The van der Waals surface area contributed by atoms with Crippen LogP contribution >= 0.6 is 0 Å². The Labute approximate surface area is 133 Å². The lowest BCUT2D eigenvalue weighted by molar-refractivity contribution is -0.114. The van der Waals surface area contributed by atoms with Gasteiger partial charge in [0.2, 0.25) is 5.91 Å². The van der Waals surface area contributed by atoms with Crippen LogP contribution in [0, 0.1) is 20.8 Å². The molecule has 3 nitrogen and oxygen atoms in total. The van der Waals surface area contributed by atoms with Crippen molar-refractivity contribution in [1.82, 2.24) is 0 Å². The number of nitrogen functional groups attached to an aromatic ring is 1. The van der Waals surface area contributed by atoms with Crippen LogP contribution in [-0.2, 0) is 11.2 Å². The molecule has 0 unspecified atom stereocenters. The average molecular weight is 298 g/mol. The van der Waals surface area contributed by atoms with Gasteiger partial charge >= 0.3 is 0 Å². The molecule has 3 N–H and O–H groups in total. The topological polar surface area (TPSA) is 55.1 Å². The van der Waals surface area contributed by atoms with Gasteiger partial charge in [-0.05, 0) is 56.0 Å². The largest absolute Gasteiger partial charge is 0.399 e. The van der Waals surface area contributed by atoms with E-state index < -0.39 is 0 Å². The average Bonchev–Trinajstić information content (AvgIpc) is 2.46. The molecule has 0 atom stereocenters. The standard InChI is InChI=1S/C11H15NO.C8H11N/c1-4-10-5-6-11(8(2)7-10)12-9(3)13;1-6-3-4-8(9)7(2)5-6/h5-7H,4H2,1-3H3,(H,12,13);3-5H,9H2,1-2H3. The highest BCUT2D eigenvalue weighted by Gasteiger charge is 2.00. The van der Waals surface area contributed by atoms with Crippen LogP contribution < -0.4 is 11.1 Å². The van der Waals surface area contributed by atoms with E-state index in [-0.39, 0.29) is 5.91 Å². The van der Waals surface area contributed by atoms with Crippen LogP contribution in [0.15, 0.2) is 36.4 Å². The van der Waals surface area contributed by atoms with Crippen LogP contribution in [0.3, 0.4) is 0 Å². The van der Waals surface area contributed by atoms with Gasteiger partial charge in [-0.15, -0.1) is 0 Å². The Morgan fingerprint density at radius 2 is 1.73 bits per heavy atom. The van der Waals surface area contributed by atoms with Gasteiger partial charge in [-0.3, -0.25) is 4.79 Å². The van der Waals surface area contributed by atoms with Crippen LogP contribution in [-0.4, -0.2) is 5.91 Å². The molecule has 0 fully saturated rings. The molecule has 0 bridgehead atoms. The van der Waals surface area contributed by atoms with Crippen molar-refractivity contribution >= 4 is 17.3 Å². The maximum Gasteiger partial charge on any atom is 0.221 e. The molecule has 0 aliphatic rings. The summed E-state index contributed by atoms with van der Waals surface area (Å²) in [6, 6.07) is 12.1.